The predicted molar refractivity (Wildman–Crippen MR) is 141 cm³/mol. The molecule has 0 unspecified atom stereocenters. The van der Waals surface area contributed by atoms with Gasteiger partial charge in [0.05, 0.1) is 5.56 Å². The molecule has 0 aliphatic heterocycles. The third kappa shape index (κ3) is 4.45. The van der Waals surface area contributed by atoms with Gasteiger partial charge in [-0.1, -0.05) is 0 Å². The van der Waals surface area contributed by atoms with Crippen LogP contribution in [0.15, 0.2) is 12.4 Å². The summed E-state index contributed by atoms with van der Waals surface area (Å²) in [5.41, 5.74) is 1.32. The second kappa shape index (κ2) is 9.32. The molecule has 4 aliphatic carbocycles. The summed E-state index contributed by atoms with van der Waals surface area (Å²) in [5.74, 6) is -0.0687. The number of carbonyl (C=O) groups is 2. The van der Waals surface area contributed by atoms with Crippen molar-refractivity contribution < 1.29 is 22.8 Å². The smallest absolute Gasteiger partial charge is 0.282 e. The van der Waals surface area contributed by atoms with Gasteiger partial charge in [-0.3, -0.25) is 18.8 Å². The minimum absolute atomic E-state index is 0.105. The molecule has 3 saturated carbocycles. The largest absolute Gasteiger partial charge is 0.349 e. The normalized spacial score (nSPS) is 25.8. The highest BCUT2D eigenvalue weighted by Gasteiger charge is 2.63. The van der Waals surface area contributed by atoms with E-state index < -0.39 is 12.6 Å². The third-order valence-corrected chi connectivity index (χ3v) is 10.1. The van der Waals surface area contributed by atoms with E-state index in [2.05, 4.69) is 31.2 Å². The van der Waals surface area contributed by atoms with Crippen LogP contribution in [0.25, 0.3) is 0 Å². The Bertz CT molecular complexity index is 1490. The number of aromatic nitrogens is 5. The van der Waals surface area contributed by atoms with Crippen LogP contribution in [0.2, 0.25) is 0 Å². The molecular weight excluding hydrogens is 545 g/mol. The van der Waals surface area contributed by atoms with Gasteiger partial charge in [0.2, 0.25) is 11.9 Å². The van der Waals surface area contributed by atoms with Crippen molar-refractivity contribution >= 4 is 39.9 Å². The van der Waals surface area contributed by atoms with Gasteiger partial charge in [-0.15, -0.1) is 21.5 Å². The molecule has 14 heteroatoms. The first-order chi connectivity index (χ1) is 19.2. The van der Waals surface area contributed by atoms with Gasteiger partial charge in [-0.05, 0) is 62.3 Å². The first kappa shape index (κ1) is 25.5. The van der Waals surface area contributed by atoms with Gasteiger partial charge in [-0.2, -0.15) is 5.10 Å². The van der Waals surface area contributed by atoms with Crippen molar-refractivity contribution in [2.45, 2.75) is 76.0 Å². The fourth-order valence-corrected chi connectivity index (χ4v) is 7.27. The lowest BCUT2D eigenvalue weighted by Gasteiger charge is -2.28. The molecule has 1 spiro atoms. The zero-order valence-corrected chi connectivity index (χ0v) is 22.6. The second-order valence-electron chi connectivity index (χ2n) is 11.5. The number of halogens is 3. The number of aryl methyl sites for hydroxylation is 2. The summed E-state index contributed by atoms with van der Waals surface area (Å²) in [6.07, 6.45) is 3.57. The Hall–Kier alpha value is -3.42. The Kier molecular flexibility index (Phi) is 5.95. The van der Waals surface area contributed by atoms with E-state index in [-0.39, 0.29) is 53.8 Å². The van der Waals surface area contributed by atoms with E-state index in [0.29, 0.717) is 35.2 Å². The number of nitrogens with zero attached hydrogens (tertiary/aromatic N) is 5. The number of carbonyl (C=O) groups excluding carboxylic acids is 2. The topological polar surface area (TPSA) is 119 Å². The molecule has 3 aromatic heterocycles. The van der Waals surface area contributed by atoms with Crippen molar-refractivity contribution in [1.82, 2.24) is 29.9 Å². The maximum Gasteiger partial charge on any atom is 0.282 e. The molecule has 0 radical (unpaired) electrons. The zero-order valence-electron chi connectivity index (χ0n) is 21.8. The quantitative estimate of drug-likeness (QED) is 0.366. The monoisotopic (exact) mass is 574 g/mol. The molecule has 0 aromatic carbocycles. The van der Waals surface area contributed by atoms with Crippen LogP contribution in [0.3, 0.4) is 0 Å². The third-order valence-electron chi connectivity index (χ3n) is 8.87. The van der Waals surface area contributed by atoms with Gasteiger partial charge in [0.25, 0.3) is 12.3 Å². The zero-order chi connectivity index (χ0) is 27.8. The van der Waals surface area contributed by atoms with Crippen molar-refractivity contribution in [2.24, 2.45) is 18.4 Å². The lowest BCUT2D eigenvalue weighted by atomic mass is 9.83. The highest BCUT2D eigenvalue weighted by molar-refractivity contribution is 7.17. The standard InChI is InChI=1S/C26H29F3N8O2S/c1-36-19(9-16(35-36)21(28)29)32-25-34-30-11-37(25)14-2-3-17-15(8-14)20(23(39)31-18-10-26(18)4-5-26)24(40-17)33-22(38)12-6-13(27)7-12/h9,11-14,18,21H,2-8,10H2,1H3,(H,31,39)(H,32,34)(H,33,38)/t12-,13-,14-,18+/m0/s1. The lowest BCUT2D eigenvalue weighted by Crippen LogP contribution is -2.36. The van der Waals surface area contributed by atoms with Crippen LogP contribution < -0.4 is 16.0 Å². The van der Waals surface area contributed by atoms with Crippen LogP contribution in [0.5, 0.6) is 0 Å². The average Bonchev–Trinajstić information content (AvgIpc) is 3.60. The molecule has 10 nitrogen and oxygen atoms in total. The average molecular weight is 575 g/mol. The van der Waals surface area contributed by atoms with E-state index in [9.17, 15) is 22.8 Å². The molecule has 7 rings (SSSR count). The minimum Gasteiger partial charge on any atom is -0.349 e. The van der Waals surface area contributed by atoms with Crippen molar-refractivity contribution in [1.29, 1.82) is 0 Å². The number of thiophene rings is 1. The first-order valence-corrected chi connectivity index (χ1v) is 14.4. The van der Waals surface area contributed by atoms with E-state index in [0.717, 1.165) is 36.1 Å². The summed E-state index contributed by atoms with van der Waals surface area (Å²) in [7, 11) is 1.57. The molecule has 40 heavy (non-hydrogen) atoms. The number of rotatable bonds is 8. The van der Waals surface area contributed by atoms with Crippen LogP contribution in [0, 0.1) is 11.3 Å². The number of fused-ring (bicyclic) bond motifs is 1. The molecule has 2 amide bonds. The number of alkyl halides is 3. The van der Waals surface area contributed by atoms with Crippen molar-refractivity contribution in [3.8, 4) is 0 Å². The summed E-state index contributed by atoms with van der Waals surface area (Å²) in [6.45, 7) is 0. The van der Waals surface area contributed by atoms with Crippen LogP contribution >= 0.6 is 11.3 Å². The highest BCUT2D eigenvalue weighted by atomic mass is 32.1. The van der Waals surface area contributed by atoms with E-state index >= 15 is 0 Å². The van der Waals surface area contributed by atoms with Gasteiger partial charge in [0, 0.05) is 36.0 Å². The first-order valence-electron chi connectivity index (χ1n) is 13.6. The van der Waals surface area contributed by atoms with E-state index in [1.807, 2.05) is 4.57 Å². The summed E-state index contributed by atoms with van der Waals surface area (Å²) >= 11 is 1.42. The molecule has 3 heterocycles. The number of nitrogens with one attached hydrogen (secondary N) is 3. The van der Waals surface area contributed by atoms with E-state index in [1.165, 1.54) is 22.1 Å². The number of hydrogen-bond acceptors (Lipinski definition) is 7. The Morgan fingerprint density at radius 1 is 1.25 bits per heavy atom. The van der Waals surface area contributed by atoms with Crippen molar-refractivity contribution in [2.75, 3.05) is 10.6 Å². The van der Waals surface area contributed by atoms with Gasteiger partial charge in [0.15, 0.2) is 0 Å². The van der Waals surface area contributed by atoms with E-state index in [4.69, 9.17) is 0 Å². The molecule has 3 fully saturated rings. The maximum atomic E-state index is 13.6. The Balaban J connectivity index is 1.15. The number of hydrogen-bond donors (Lipinski definition) is 3. The van der Waals surface area contributed by atoms with Gasteiger partial charge in [-0.25, -0.2) is 13.2 Å². The predicted octanol–water partition coefficient (Wildman–Crippen LogP) is 4.45. The Labute approximate surface area is 231 Å². The van der Waals surface area contributed by atoms with Gasteiger partial charge >= 0.3 is 0 Å². The molecule has 2 atom stereocenters. The van der Waals surface area contributed by atoms with Crippen molar-refractivity contribution in [3.05, 3.63) is 34.1 Å². The number of anilines is 3. The minimum atomic E-state index is -2.69. The second-order valence-corrected chi connectivity index (χ2v) is 12.6. The fourth-order valence-electron chi connectivity index (χ4n) is 6.03. The highest BCUT2D eigenvalue weighted by Crippen LogP contribution is 2.66. The van der Waals surface area contributed by atoms with Crippen LogP contribution in [-0.4, -0.2) is 48.6 Å². The Morgan fingerprint density at radius 2 is 2.05 bits per heavy atom. The fraction of sp³-hybridized carbons (Fsp3) is 0.577. The Morgan fingerprint density at radius 3 is 2.73 bits per heavy atom. The van der Waals surface area contributed by atoms with Gasteiger partial charge < -0.3 is 16.0 Å². The summed E-state index contributed by atoms with van der Waals surface area (Å²) in [4.78, 5) is 27.5. The van der Waals surface area contributed by atoms with E-state index in [1.54, 1.807) is 13.4 Å². The van der Waals surface area contributed by atoms with Crippen molar-refractivity contribution in [3.63, 3.8) is 0 Å². The molecular formula is C26H29F3N8O2S. The van der Waals surface area contributed by atoms with Gasteiger partial charge in [0.1, 0.15) is 29.0 Å². The lowest BCUT2D eigenvalue weighted by molar-refractivity contribution is -0.124. The van der Waals surface area contributed by atoms with Crippen LogP contribution in [0.4, 0.5) is 29.9 Å². The molecule has 0 bridgehead atoms. The van der Waals surface area contributed by atoms with Crippen LogP contribution in [-0.2, 0) is 24.7 Å². The molecule has 0 saturated heterocycles. The molecule has 4 aliphatic rings. The summed E-state index contributed by atoms with van der Waals surface area (Å²) < 4.78 is 42.9. The number of amides is 2. The summed E-state index contributed by atoms with van der Waals surface area (Å²) in [6, 6.07) is 1.34. The molecule has 212 valence electrons. The SMILES string of the molecule is Cn1nc(C(F)F)cc1Nc1nncn1[C@H]1CCc2sc(NC(=O)[C@H]3C[C@H](F)C3)c(C(=O)N[C@@H]3CC34CC4)c2C1. The maximum absolute atomic E-state index is 13.6. The molecule has 3 aromatic rings. The molecule has 3 N–H and O–H groups in total. The summed E-state index contributed by atoms with van der Waals surface area (Å²) in [5, 5.41) is 21.8. The van der Waals surface area contributed by atoms with Crippen LogP contribution in [0.1, 0.15) is 77.5 Å².